The van der Waals surface area contributed by atoms with E-state index in [-0.39, 0.29) is 5.75 Å². The van der Waals surface area contributed by atoms with Crippen LogP contribution in [0.2, 0.25) is 0 Å². The summed E-state index contributed by atoms with van der Waals surface area (Å²) >= 11 is 1.41. The van der Waals surface area contributed by atoms with Gasteiger partial charge in [0.1, 0.15) is 10.7 Å². The van der Waals surface area contributed by atoms with E-state index in [1.54, 1.807) is 12.1 Å². The number of thiazole rings is 1. The van der Waals surface area contributed by atoms with Gasteiger partial charge in [0.05, 0.1) is 12.1 Å². The number of nitrogens with zero attached hydrogens (tertiary/aromatic N) is 1. The first kappa shape index (κ1) is 10.9. The molecule has 0 radical (unpaired) electrons. The molecular weight excluding hydrogens is 227 g/mol. The zero-order chi connectivity index (χ0) is 11.7. The summed E-state index contributed by atoms with van der Waals surface area (Å²) in [6.07, 6.45) is 0. The Bertz CT molecular complexity index is 525. The summed E-state index contributed by atoms with van der Waals surface area (Å²) in [5.74, 6) is -0.195. The number of aryl methyl sites for hydroxylation is 1. The first-order chi connectivity index (χ1) is 7.61. The molecule has 0 atom stereocenters. The molecular formula is C11H11FN2OS. The number of nitrogens with two attached hydrogens (primary N) is 1. The predicted molar refractivity (Wildman–Crippen MR) is 63.2 cm³/mol. The molecule has 0 aliphatic heterocycles. The molecule has 0 amide bonds. The van der Waals surface area contributed by atoms with E-state index in [2.05, 4.69) is 4.98 Å². The van der Waals surface area contributed by atoms with Crippen LogP contribution in [0.4, 0.5) is 9.39 Å². The van der Waals surface area contributed by atoms with Gasteiger partial charge in [-0.05, 0) is 25.1 Å². The Kier molecular flexibility index (Phi) is 2.78. The Hall–Kier alpha value is -1.62. The van der Waals surface area contributed by atoms with Crippen molar-refractivity contribution in [2.24, 2.45) is 0 Å². The molecule has 3 nitrogen and oxygen atoms in total. The number of aromatic nitrogens is 1. The van der Waals surface area contributed by atoms with Gasteiger partial charge < -0.3 is 10.5 Å². The lowest BCUT2D eigenvalue weighted by Crippen LogP contribution is -1.91. The monoisotopic (exact) mass is 238 g/mol. The van der Waals surface area contributed by atoms with Gasteiger partial charge in [-0.15, -0.1) is 11.3 Å². The fourth-order valence-corrected chi connectivity index (χ4v) is 2.17. The third-order valence-corrected chi connectivity index (χ3v) is 2.98. The molecule has 2 N–H and O–H groups in total. The Morgan fingerprint density at radius 2 is 2.19 bits per heavy atom. The van der Waals surface area contributed by atoms with Crippen molar-refractivity contribution in [3.8, 4) is 17.0 Å². The number of rotatable bonds is 2. The highest BCUT2D eigenvalue weighted by Gasteiger charge is 2.11. The highest BCUT2D eigenvalue weighted by Crippen LogP contribution is 2.32. The minimum Gasteiger partial charge on any atom is -0.494 e. The lowest BCUT2D eigenvalue weighted by molar-refractivity contribution is 0.387. The number of ether oxygens (including phenoxy) is 1. The van der Waals surface area contributed by atoms with Crippen LogP contribution in [0.5, 0.6) is 5.75 Å². The minimum absolute atomic E-state index is 0.197. The Balaban J connectivity index is 2.52. The topological polar surface area (TPSA) is 48.1 Å². The van der Waals surface area contributed by atoms with Crippen molar-refractivity contribution >= 4 is 16.3 Å². The standard InChI is InChI=1S/C11H11FN2OS/c1-6-14-10(11(13)16-6)7-3-4-8(12)9(5-7)15-2/h3-5H,13H2,1-2H3. The van der Waals surface area contributed by atoms with Crippen LogP contribution >= 0.6 is 11.3 Å². The molecule has 0 aliphatic rings. The Labute approximate surface area is 96.7 Å². The van der Waals surface area contributed by atoms with Gasteiger partial charge in [0, 0.05) is 5.56 Å². The summed E-state index contributed by atoms with van der Waals surface area (Å²) in [5.41, 5.74) is 7.27. The number of hydrogen-bond donors (Lipinski definition) is 1. The quantitative estimate of drug-likeness (QED) is 0.875. The smallest absolute Gasteiger partial charge is 0.165 e. The fraction of sp³-hybridized carbons (Fsp3) is 0.182. The summed E-state index contributed by atoms with van der Waals surface area (Å²) in [4.78, 5) is 4.30. The molecule has 0 unspecified atom stereocenters. The summed E-state index contributed by atoms with van der Waals surface area (Å²) in [5, 5.41) is 1.52. The van der Waals surface area contributed by atoms with Crippen LogP contribution < -0.4 is 10.5 Å². The number of nitrogen functional groups attached to an aromatic ring is 1. The summed E-state index contributed by atoms with van der Waals surface area (Å²) in [6, 6.07) is 4.59. The highest BCUT2D eigenvalue weighted by atomic mass is 32.1. The van der Waals surface area contributed by atoms with Crippen molar-refractivity contribution in [3.05, 3.63) is 29.0 Å². The maximum atomic E-state index is 13.2. The number of anilines is 1. The normalized spacial score (nSPS) is 10.4. The van der Waals surface area contributed by atoms with E-state index in [0.29, 0.717) is 10.7 Å². The van der Waals surface area contributed by atoms with Gasteiger partial charge in [-0.3, -0.25) is 0 Å². The molecule has 0 saturated carbocycles. The van der Waals surface area contributed by atoms with Crippen LogP contribution in [0.25, 0.3) is 11.3 Å². The third kappa shape index (κ3) is 1.86. The average Bonchev–Trinajstić information content (AvgIpc) is 2.59. The number of benzene rings is 1. The van der Waals surface area contributed by atoms with E-state index in [1.165, 1.54) is 24.5 Å². The maximum absolute atomic E-state index is 13.2. The molecule has 1 aromatic carbocycles. The summed E-state index contributed by atoms with van der Waals surface area (Å²) < 4.78 is 18.1. The van der Waals surface area contributed by atoms with Gasteiger partial charge in [-0.25, -0.2) is 9.37 Å². The first-order valence-corrected chi connectivity index (χ1v) is 5.50. The van der Waals surface area contributed by atoms with E-state index < -0.39 is 5.82 Å². The highest BCUT2D eigenvalue weighted by molar-refractivity contribution is 7.16. The fourth-order valence-electron chi connectivity index (χ4n) is 1.46. The van der Waals surface area contributed by atoms with Crippen LogP contribution in [0, 0.1) is 12.7 Å². The molecule has 1 heterocycles. The van der Waals surface area contributed by atoms with Gasteiger partial charge >= 0.3 is 0 Å². The Morgan fingerprint density at radius 3 is 2.75 bits per heavy atom. The summed E-state index contributed by atoms with van der Waals surface area (Å²) in [7, 11) is 1.43. The third-order valence-electron chi connectivity index (χ3n) is 2.18. The minimum atomic E-state index is -0.392. The van der Waals surface area contributed by atoms with Gasteiger partial charge in [0.25, 0.3) is 0 Å². The molecule has 1 aromatic heterocycles. The number of halogens is 1. The zero-order valence-electron chi connectivity index (χ0n) is 8.95. The van der Waals surface area contributed by atoms with E-state index in [1.807, 2.05) is 6.92 Å². The van der Waals surface area contributed by atoms with Crippen LogP contribution in [-0.2, 0) is 0 Å². The molecule has 0 fully saturated rings. The van der Waals surface area contributed by atoms with Crippen LogP contribution in [0.1, 0.15) is 5.01 Å². The van der Waals surface area contributed by atoms with Crippen molar-refractivity contribution in [1.29, 1.82) is 0 Å². The van der Waals surface area contributed by atoms with Crippen LogP contribution in [-0.4, -0.2) is 12.1 Å². The lowest BCUT2D eigenvalue weighted by atomic mass is 10.1. The van der Waals surface area contributed by atoms with Crippen LogP contribution in [0.15, 0.2) is 18.2 Å². The van der Waals surface area contributed by atoms with E-state index in [4.69, 9.17) is 10.5 Å². The SMILES string of the molecule is COc1cc(-c2nc(C)sc2N)ccc1F. The average molecular weight is 238 g/mol. The van der Waals surface area contributed by atoms with Crippen molar-refractivity contribution in [3.63, 3.8) is 0 Å². The lowest BCUT2D eigenvalue weighted by Gasteiger charge is -2.04. The van der Waals surface area contributed by atoms with E-state index in [0.717, 1.165) is 10.6 Å². The molecule has 5 heteroatoms. The largest absolute Gasteiger partial charge is 0.494 e. The van der Waals surface area contributed by atoms with Crippen molar-refractivity contribution in [2.75, 3.05) is 12.8 Å². The van der Waals surface area contributed by atoms with Gasteiger partial charge in [0.15, 0.2) is 11.6 Å². The predicted octanol–water partition coefficient (Wildman–Crippen LogP) is 2.85. The Morgan fingerprint density at radius 1 is 1.44 bits per heavy atom. The molecule has 0 spiro atoms. The van der Waals surface area contributed by atoms with Crippen molar-refractivity contribution in [2.45, 2.75) is 6.92 Å². The van der Waals surface area contributed by atoms with Gasteiger partial charge in [0.2, 0.25) is 0 Å². The summed E-state index contributed by atoms with van der Waals surface area (Å²) in [6.45, 7) is 1.88. The first-order valence-electron chi connectivity index (χ1n) is 4.68. The number of hydrogen-bond acceptors (Lipinski definition) is 4. The van der Waals surface area contributed by atoms with Crippen LogP contribution in [0.3, 0.4) is 0 Å². The van der Waals surface area contributed by atoms with Gasteiger partial charge in [-0.2, -0.15) is 0 Å². The van der Waals surface area contributed by atoms with Gasteiger partial charge in [-0.1, -0.05) is 0 Å². The zero-order valence-corrected chi connectivity index (χ0v) is 9.77. The molecule has 16 heavy (non-hydrogen) atoms. The molecule has 0 aliphatic carbocycles. The molecule has 0 bridgehead atoms. The second kappa shape index (κ2) is 4.09. The van der Waals surface area contributed by atoms with E-state index in [9.17, 15) is 4.39 Å². The molecule has 2 aromatic rings. The molecule has 0 saturated heterocycles. The number of methoxy groups -OCH3 is 1. The molecule has 84 valence electrons. The van der Waals surface area contributed by atoms with E-state index >= 15 is 0 Å². The molecule has 2 rings (SSSR count). The maximum Gasteiger partial charge on any atom is 0.165 e. The van der Waals surface area contributed by atoms with Crippen molar-refractivity contribution in [1.82, 2.24) is 4.98 Å². The second-order valence-electron chi connectivity index (χ2n) is 3.30. The second-order valence-corrected chi connectivity index (χ2v) is 4.53. The van der Waals surface area contributed by atoms with Crippen molar-refractivity contribution < 1.29 is 9.13 Å².